The second kappa shape index (κ2) is 8.10. The molecule has 5 heteroatoms. The average molecular weight is 311 g/mol. The van der Waals surface area contributed by atoms with E-state index in [1.165, 1.54) is 0 Å². The fourth-order valence-corrected chi connectivity index (χ4v) is 2.08. The molecule has 0 fully saturated rings. The summed E-state index contributed by atoms with van der Waals surface area (Å²) >= 11 is 0. The highest BCUT2D eigenvalue weighted by molar-refractivity contribution is 6.07. The molecule has 23 heavy (non-hydrogen) atoms. The van der Waals surface area contributed by atoms with Gasteiger partial charge in [0.15, 0.2) is 0 Å². The molecule has 2 rings (SSSR count). The number of nitrogens with two attached hydrogens (primary N) is 1. The SMILES string of the molecule is Cc1ccc(C(=O)Nc2ccccc2NC(=O)CCCN)cc1. The van der Waals surface area contributed by atoms with E-state index in [1.54, 1.807) is 36.4 Å². The maximum Gasteiger partial charge on any atom is 0.255 e. The van der Waals surface area contributed by atoms with Crippen molar-refractivity contribution in [3.05, 3.63) is 59.7 Å². The van der Waals surface area contributed by atoms with E-state index in [2.05, 4.69) is 10.6 Å². The third kappa shape index (κ3) is 4.93. The highest BCUT2D eigenvalue weighted by Crippen LogP contribution is 2.22. The van der Waals surface area contributed by atoms with Gasteiger partial charge in [0, 0.05) is 12.0 Å². The number of amides is 2. The van der Waals surface area contributed by atoms with Crippen LogP contribution in [0, 0.1) is 6.92 Å². The fourth-order valence-electron chi connectivity index (χ4n) is 2.08. The Hall–Kier alpha value is -2.66. The minimum absolute atomic E-state index is 0.118. The largest absolute Gasteiger partial charge is 0.330 e. The van der Waals surface area contributed by atoms with Crippen LogP contribution in [0.1, 0.15) is 28.8 Å². The first-order chi connectivity index (χ1) is 11.1. The van der Waals surface area contributed by atoms with E-state index in [-0.39, 0.29) is 11.8 Å². The van der Waals surface area contributed by atoms with Crippen molar-refractivity contribution in [3.63, 3.8) is 0 Å². The number of carbonyl (C=O) groups excluding carboxylic acids is 2. The third-order valence-electron chi connectivity index (χ3n) is 3.37. The Labute approximate surface area is 135 Å². The summed E-state index contributed by atoms with van der Waals surface area (Å²) in [5.74, 6) is -0.332. The van der Waals surface area contributed by atoms with Crippen LogP contribution in [0.2, 0.25) is 0 Å². The monoisotopic (exact) mass is 311 g/mol. The zero-order valence-corrected chi connectivity index (χ0v) is 13.1. The molecule has 0 saturated heterocycles. The number of benzene rings is 2. The average Bonchev–Trinajstić information content (AvgIpc) is 2.55. The van der Waals surface area contributed by atoms with Crippen LogP contribution in [0.3, 0.4) is 0 Å². The van der Waals surface area contributed by atoms with Gasteiger partial charge >= 0.3 is 0 Å². The first kappa shape index (κ1) is 16.7. The summed E-state index contributed by atoms with van der Waals surface area (Å²) in [6.45, 7) is 2.44. The molecule has 0 bridgehead atoms. The molecule has 2 aromatic rings. The summed E-state index contributed by atoms with van der Waals surface area (Å²) in [6.07, 6.45) is 0.987. The molecule has 5 nitrogen and oxygen atoms in total. The van der Waals surface area contributed by atoms with E-state index < -0.39 is 0 Å². The smallest absolute Gasteiger partial charge is 0.255 e. The van der Waals surface area contributed by atoms with Gasteiger partial charge in [0.2, 0.25) is 5.91 Å². The van der Waals surface area contributed by atoms with Gasteiger partial charge in [0.05, 0.1) is 11.4 Å². The second-order valence-corrected chi connectivity index (χ2v) is 5.31. The molecule has 0 atom stereocenters. The summed E-state index contributed by atoms with van der Waals surface area (Å²) in [7, 11) is 0. The number of para-hydroxylation sites is 2. The zero-order chi connectivity index (χ0) is 16.7. The highest BCUT2D eigenvalue weighted by atomic mass is 16.2. The molecule has 0 saturated carbocycles. The second-order valence-electron chi connectivity index (χ2n) is 5.31. The zero-order valence-electron chi connectivity index (χ0n) is 13.1. The molecule has 2 aromatic carbocycles. The molecule has 0 unspecified atom stereocenters. The molecule has 0 aliphatic heterocycles. The van der Waals surface area contributed by atoms with E-state index in [9.17, 15) is 9.59 Å². The Balaban J connectivity index is 2.09. The molecule has 0 spiro atoms. The molecule has 0 aliphatic carbocycles. The minimum Gasteiger partial charge on any atom is -0.330 e. The van der Waals surface area contributed by atoms with Crippen LogP contribution in [0.5, 0.6) is 0 Å². The predicted octanol–water partition coefficient (Wildman–Crippen LogP) is 2.92. The van der Waals surface area contributed by atoms with Crippen molar-refractivity contribution < 1.29 is 9.59 Å². The summed E-state index contributed by atoms with van der Waals surface area (Å²) in [4.78, 5) is 24.1. The van der Waals surface area contributed by atoms with Gasteiger partial charge in [-0.2, -0.15) is 0 Å². The fraction of sp³-hybridized carbons (Fsp3) is 0.222. The van der Waals surface area contributed by atoms with Gasteiger partial charge in [-0.1, -0.05) is 29.8 Å². The standard InChI is InChI=1S/C18H21N3O2/c1-13-8-10-14(11-9-13)18(23)21-16-6-3-2-5-15(16)20-17(22)7-4-12-19/h2-3,5-6,8-11H,4,7,12,19H2,1H3,(H,20,22)(H,21,23). The summed E-state index contributed by atoms with van der Waals surface area (Å²) in [5.41, 5.74) is 8.21. The van der Waals surface area contributed by atoms with Gasteiger partial charge in [-0.05, 0) is 44.2 Å². The quantitative estimate of drug-likeness (QED) is 0.767. The summed E-state index contributed by atoms with van der Waals surface area (Å²) in [5, 5.41) is 5.63. The van der Waals surface area contributed by atoms with Crippen molar-refractivity contribution in [2.75, 3.05) is 17.2 Å². The Morgan fingerprint density at radius 2 is 1.57 bits per heavy atom. The minimum atomic E-state index is -0.214. The Morgan fingerprint density at radius 3 is 2.17 bits per heavy atom. The summed E-state index contributed by atoms with van der Waals surface area (Å²) in [6, 6.07) is 14.4. The van der Waals surface area contributed by atoms with E-state index in [0.29, 0.717) is 36.3 Å². The van der Waals surface area contributed by atoms with E-state index in [0.717, 1.165) is 5.56 Å². The molecule has 2 amide bonds. The van der Waals surface area contributed by atoms with Crippen LogP contribution in [0.25, 0.3) is 0 Å². The van der Waals surface area contributed by atoms with E-state index >= 15 is 0 Å². The number of hydrogen-bond acceptors (Lipinski definition) is 3. The van der Waals surface area contributed by atoms with Crippen molar-refractivity contribution in [2.45, 2.75) is 19.8 Å². The van der Waals surface area contributed by atoms with E-state index in [1.807, 2.05) is 19.1 Å². The van der Waals surface area contributed by atoms with Crippen LogP contribution in [-0.4, -0.2) is 18.4 Å². The lowest BCUT2D eigenvalue weighted by Gasteiger charge is -2.12. The van der Waals surface area contributed by atoms with Gasteiger partial charge < -0.3 is 16.4 Å². The maximum absolute atomic E-state index is 12.3. The molecule has 0 aromatic heterocycles. The molecule has 0 heterocycles. The van der Waals surface area contributed by atoms with Crippen LogP contribution in [0.15, 0.2) is 48.5 Å². The third-order valence-corrected chi connectivity index (χ3v) is 3.37. The van der Waals surface area contributed by atoms with Crippen molar-refractivity contribution >= 4 is 23.2 Å². The van der Waals surface area contributed by atoms with Crippen LogP contribution in [0.4, 0.5) is 11.4 Å². The van der Waals surface area contributed by atoms with E-state index in [4.69, 9.17) is 5.73 Å². The summed E-state index contributed by atoms with van der Waals surface area (Å²) < 4.78 is 0. The van der Waals surface area contributed by atoms with Crippen molar-refractivity contribution in [2.24, 2.45) is 5.73 Å². The molecule has 120 valence electrons. The first-order valence-corrected chi connectivity index (χ1v) is 7.57. The number of anilines is 2. The van der Waals surface area contributed by atoms with Crippen molar-refractivity contribution in [1.29, 1.82) is 0 Å². The van der Waals surface area contributed by atoms with Crippen molar-refractivity contribution in [3.8, 4) is 0 Å². The number of carbonyl (C=O) groups is 2. The highest BCUT2D eigenvalue weighted by Gasteiger charge is 2.10. The molecule has 4 N–H and O–H groups in total. The first-order valence-electron chi connectivity index (χ1n) is 7.57. The lowest BCUT2D eigenvalue weighted by Crippen LogP contribution is -2.17. The lowest BCUT2D eigenvalue weighted by atomic mass is 10.1. The van der Waals surface area contributed by atoms with Gasteiger partial charge in [0.25, 0.3) is 5.91 Å². The number of nitrogens with one attached hydrogen (secondary N) is 2. The number of hydrogen-bond donors (Lipinski definition) is 3. The number of aryl methyl sites for hydroxylation is 1. The van der Waals surface area contributed by atoms with Gasteiger partial charge in [-0.15, -0.1) is 0 Å². The Bertz CT molecular complexity index is 681. The Morgan fingerprint density at radius 1 is 0.957 bits per heavy atom. The van der Waals surface area contributed by atoms with Gasteiger partial charge in [-0.3, -0.25) is 9.59 Å². The lowest BCUT2D eigenvalue weighted by molar-refractivity contribution is -0.116. The van der Waals surface area contributed by atoms with Crippen LogP contribution >= 0.6 is 0 Å². The van der Waals surface area contributed by atoms with Crippen LogP contribution < -0.4 is 16.4 Å². The normalized spacial score (nSPS) is 10.2. The Kier molecular flexibility index (Phi) is 5.88. The van der Waals surface area contributed by atoms with Crippen molar-refractivity contribution in [1.82, 2.24) is 0 Å². The maximum atomic E-state index is 12.3. The molecular weight excluding hydrogens is 290 g/mol. The topological polar surface area (TPSA) is 84.2 Å². The molecular formula is C18H21N3O2. The number of rotatable bonds is 6. The van der Waals surface area contributed by atoms with Gasteiger partial charge in [-0.25, -0.2) is 0 Å². The van der Waals surface area contributed by atoms with Gasteiger partial charge in [0.1, 0.15) is 0 Å². The molecule has 0 aliphatic rings. The molecule has 0 radical (unpaired) electrons. The van der Waals surface area contributed by atoms with Crippen LogP contribution in [-0.2, 0) is 4.79 Å². The predicted molar refractivity (Wildman–Crippen MR) is 92.5 cm³/mol.